The number of rotatable bonds is 13. The first-order valence-electron chi connectivity index (χ1n) is 10.5. The molecule has 2 aromatic rings. The maximum Gasteiger partial charge on any atom is 0.193 e. The van der Waals surface area contributed by atoms with E-state index in [9.17, 15) is 4.79 Å². The lowest BCUT2D eigenvalue weighted by atomic mass is 9.99. The molecule has 0 fully saturated rings. The van der Waals surface area contributed by atoms with E-state index in [0.29, 0.717) is 6.61 Å². The maximum atomic E-state index is 12.5. The van der Waals surface area contributed by atoms with Gasteiger partial charge in [0.1, 0.15) is 0 Å². The molecule has 146 valence electrons. The van der Waals surface area contributed by atoms with Crippen LogP contribution >= 0.6 is 0 Å². The van der Waals surface area contributed by atoms with Crippen molar-refractivity contribution in [2.45, 2.75) is 71.1 Å². The Balaban J connectivity index is 1.63. The van der Waals surface area contributed by atoms with Gasteiger partial charge in [0.25, 0.3) is 0 Å². The molecule has 0 spiro atoms. The van der Waals surface area contributed by atoms with Crippen LogP contribution in [0.3, 0.4) is 0 Å². The van der Waals surface area contributed by atoms with E-state index in [1.807, 2.05) is 43.3 Å². The van der Waals surface area contributed by atoms with Crippen LogP contribution in [0.1, 0.15) is 84.8 Å². The second-order valence-electron chi connectivity index (χ2n) is 7.55. The van der Waals surface area contributed by atoms with Crippen LogP contribution in [0.4, 0.5) is 0 Å². The minimum Gasteiger partial charge on any atom is -0.396 e. The lowest BCUT2D eigenvalue weighted by Gasteiger charge is -2.05. The third-order valence-electron chi connectivity index (χ3n) is 5.15. The Bertz CT molecular complexity index is 656. The molecule has 2 aromatic carbocycles. The summed E-state index contributed by atoms with van der Waals surface area (Å²) in [6.45, 7) is 2.36. The molecule has 0 aliphatic rings. The van der Waals surface area contributed by atoms with Gasteiger partial charge in [-0.3, -0.25) is 4.79 Å². The molecule has 2 heteroatoms. The largest absolute Gasteiger partial charge is 0.396 e. The van der Waals surface area contributed by atoms with Gasteiger partial charge in [0.2, 0.25) is 0 Å². The number of hydrogen-bond donors (Lipinski definition) is 1. The number of benzene rings is 2. The van der Waals surface area contributed by atoms with Gasteiger partial charge in [-0.2, -0.15) is 0 Å². The van der Waals surface area contributed by atoms with Gasteiger partial charge in [-0.1, -0.05) is 99.0 Å². The van der Waals surface area contributed by atoms with Crippen molar-refractivity contribution < 1.29 is 9.90 Å². The van der Waals surface area contributed by atoms with Gasteiger partial charge in [-0.25, -0.2) is 0 Å². The summed E-state index contributed by atoms with van der Waals surface area (Å²) in [4.78, 5) is 12.5. The molecule has 0 aliphatic carbocycles. The van der Waals surface area contributed by atoms with E-state index >= 15 is 0 Å². The van der Waals surface area contributed by atoms with E-state index in [2.05, 4.69) is 12.1 Å². The summed E-state index contributed by atoms with van der Waals surface area (Å²) in [5.74, 6) is 0.0977. The Morgan fingerprint density at radius 3 is 1.63 bits per heavy atom. The monoisotopic (exact) mass is 366 g/mol. The first kappa shape index (κ1) is 21.4. The fraction of sp³-hybridized carbons (Fsp3) is 0.480. The molecule has 0 radical (unpaired) electrons. The highest BCUT2D eigenvalue weighted by molar-refractivity contribution is 6.08. The molecular formula is C25H34O2. The zero-order chi connectivity index (χ0) is 19.3. The predicted molar refractivity (Wildman–Crippen MR) is 113 cm³/mol. The number of unbranched alkanes of at least 4 members (excludes halogenated alkanes) is 8. The Hall–Kier alpha value is -1.93. The third kappa shape index (κ3) is 8.09. The lowest BCUT2D eigenvalue weighted by Crippen LogP contribution is -2.01. The molecule has 1 N–H and O–H groups in total. The van der Waals surface area contributed by atoms with Gasteiger partial charge < -0.3 is 5.11 Å². The van der Waals surface area contributed by atoms with Gasteiger partial charge in [0.15, 0.2) is 5.78 Å². The Labute approximate surface area is 164 Å². The molecule has 2 nitrogen and oxygen atoms in total. The summed E-state index contributed by atoms with van der Waals surface area (Å²) in [6.07, 6.45) is 12.2. The van der Waals surface area contributed by atoms with Gasteiger partial charge in [-0.05, 0) is 31.7 Å². The quantitative estimate of drug-likeness (QED) is 0.335. The molecule has 0 heterocycles. The summed E-state index contributed by atoms with van der Waals surface area (Å²) in [7, 11) is 0. The van der Waals surface area contributed by atoms with E-state index in [1.54, 1.807) is 0 Å². The van der Waals surface area contributed by atoms with Crippen LogP contribution in [0.15, 0.2) is 48.5 Å². The fourth-order valence-electron chi connectivity index (χ4n) is 3.37. The van der Waals surface area contributed by atoms with Crippen LogP contribution in [0.5, 0.6) is 0 Å². The molecule has 0 atom stereocenters. The van der Waals surface area contributed by atoms with Crippen molar-refractivity contribution in [1.82, 2.24) is 0 Å². The Morgan fingerprint density at radius 1 is 0.667 bits per heavy atom. The van der Waals surface area contributed by atoms with Crippen molar-refractivity contribution in [3.8, 4) is 0 Å². The van der Waals surface area contributed by atoms with E-state index in [0.717, 1.165) is 24.0 Å². The van der Waals surface area contributed by atoms with Crippen LogP contribution in [-0.2, 0) is 6.42 Å². The van der Waals surface area contributed by atoms with E-state index in [1.165, 1.54) is 62.5 Å². The molecule has 0 bridgehead atoms. The van der Waals surface area contributed by atoms with Crippen molar-refractivity contribution in [1.29, 1.82) is 0 Å². The summed E-state index contributed by atoms with van der Waals surface area (Å²) in [5.41, 5.74) is 4.01. The number of ketones is 1. The predicted octanol–water partition coefficient (Wildman–Crippen LogP) is 6.27. The molecule has 0 aliphatic heterocycles. The molecule has 2 rings (SSSR count). The molecule has 0 amide bonds. The average Bonchev–Trinajstić information content (AvgIpc) is 2.70. The van der Waals surface area contributed by atoms with E-state index in [4.69, 9.17) is 5.11 Å². The zero-order valence-corrected chi connectivity index (χ0v) is 16.8. The minimum atomic E-state index is 0.0977. The second-order valence-corrected chi connectivity index (χ2v) is 7.55. The van der Waals surface area contributed by atoms with E-state index in [-0.39, 0.29) is 5.78 Å². The Kier molecular flexibility index (Phi) is 9.86. The highest BCUT2D eigenvalue weighted by Gasteiger charge is 2.08. The molecule has 0 saturated heterocycles. The van der Waals surface area contributed by atoms with Crippen LogP contribution in [0.2, 0.25) is 0 Å². The standard InChI is InChI=1S/C25H34O2/c1-21-12-16-23(17-13-21)25(27)24-18-14-22(15-19-24)11-9-7-5-3-2-4-6-8-10-20-26/h12-19,26H,2-11,20H2,1H3. The normalized spacial score (nSPS) is 10.9. The molecule has 0 aromatic heterocycles. The van der Waals surface area contributed by atoms with Crippen molar-refractivity contribution >= 4 is 5.78 Å². The van der Waals surface area contributed by atoms with Gasteiger partial charge in [0, 0.05) is 17.7 Å². The summed E-state index contributed by atoms with van der Waals surface area (Å²) in [6, 6.07) is 15.9. The van der Waals surface area contributed by atoms with Crippen LogP contribution < -0.4 is 0 Å². The van der Waals surface area contributed by atoms with Crippen molar-refractivity contribution in [3.63, 3.8) is 0 Å². The molecule has 0 unspecified atom stereocenters. The number of aliphatic hydroxyl groups is 1. The van der Waals surface area contributed by atoms with E-state index < -0.39 is 0 Å². The van der Waals surface area contributed by atoms with Gasteiger partial charge in [0.05, 0.1) is 0 Å². The van der Waals surface area contributed by atoms with Gasteiger partial charge in [-0.15, -0.1) is 0 Å². The number of aryl methyl sites for hydroxylation is 2. The van der Waals surface area contributed by atoms with Gasteiger partial charge >= 0.3 is 0 Å². The number of carbonyl (C=O) groups is 1. The van der Waals surface area contributed by atoms with Crippen molar-refractivity contribution in [2.24, 2.45) is 0 Å². The third-order valence-corrected chi connectivity index (χ3v) is 5.15. The van der Waals surface area contributed by atoms with Crippen molar-refractivity contribution in [2.75, 3.05) is 6.61 Å². The summed E-state index contributed by atoms with van der Waals surface area (Å²) < 4.78 is 0. The number of carbonyl (C=O) groups excluding carboxylic acids is 1. The highest BCUT2D eigenvalue weighted by atomic mass is 16.2. The molecular weight excluding hydrogens is 332 g/mol. The van der Waals surface area contributed by atoms with Crippen LogP contribution in [0, 0.1) is 6.92 Å². The number of aliphatic hydroxyl groups excluding tert-OH is 1. The topological polar surface area (TPSA) is 37.3 Å². The SMILES string of the molecule is Cc1ccc(C(=O)c2ccc(CCCCCCCCCCCO)cc2)cc1. The fourth-order valence-corrected chi connectivity index (χ4v) is 3.37. The van der Waals surface area contributed by atoms with Crippen molar-refractivity contribution in [3.05, 3.63) is 70.8 Å². The first-order chi connectivity index (χ1) is 13.2. The maximum absolute atomic E-state index is 12.5. The summed E-state index contributed by atoms with van der Waals surface area (Å²) in [5, 5.41) is 8.75. The zero-order valence-electron chi connectivity index (χ0n) is 16.8. The average molecular weight is 367 g/mol. The molecule has 27 heavy (non-hydrogen) atoms. The summed E-state index contributed by atoms with van der Waals surface area (Å²) >= 11 is 0. The first-order valence-corrected chi connectivity index (χ1v) is 10.5. The van der Waals surface area contributed by atoms with Crippen LogP contribution in [0.25, 0.3) is 0 Å². The smallest absolute Gasteiger partial charge is 0.193 e. The number of hydrogen-bond acceptors (Lipinski definition) is 2. The lowest BCUT2D eigenvalue weighted by molar-refractivity contribution is 0.103. The highest BCUT2D eigenvalue weighted by Crippen LogP contribution is 2.15. The molecule has 0 saturated carbocycles. The second kappa shape index (κ2) is 12.5. The Morgan fingerprint density at radius 2 is 1.11 bits per heavy atom. The van der Waals surface area contributed by atoms with Crippen LogP contribution in [-0.4, -0.2) is 17.5 Å². The minimum absolute atomic E-state index is 0.0977.